The molecule has 2 aliphatic heterocycles. The number of halogens is 2. The van der Waals surface area contributed by atoms with Gasteiger partial charge in [-0.25, -0.2) is 13.8 Å². The molecule has 4 aromatic rings. The number of alkyl halides is 2. The molecule has 1 N–H and O–H groups in total. The summed E-state index contributed by atoms with van der Waals surface area (Å²) in [6.07, 6.45) is 5.39. The number of amides is 1. The van der Waals surface area contributed by atoms with E-state index in [1.54, 1.807) is 23.4 Å². The van der Waals surface area contributed by atoms with Crippen LogP contribution in [0.15, 0.2) is 60.3 Å². The molecule has 2 aliphatic rings. The van der Waals surface area contributed by atoms with Crippen LogP contribution in [0.25, 0.3) is 11.0 Å². The van der Waals surface area contributed by atoms with Gasteiger partial charge < -0.3 is 15.1 Å². The smallest absolute Gasteiger partial charge is 0.276 e. The van der Waals surface area contributed by atoms with Gasteiger partial charge in [-0.15, -0.1) is 0 Å². The van der Waals surface area contributed by atoms with E-state index in [-0.39, 0.29) is 49.8 Å². The number of fused-ring (bicyclic) bond motifs is 4. The maximum absolute atomic E-state index is 14.7. The van der Waals surface area contributed by atoms with E-state index < -0.39 is 5.92 Å². The monoisotopic (exact) mass is 546 g/mol. The summed E-state index contributed by atoms with van der Waals surface area (Å²) in [6, 6.07) is 7.37. The lowest BCUT2D eigenvalue weighted by molar-refractivity contribution is -0.114. The SMILES string of the molecule is C=CC(=O)N1CCN(c2cc3cnc4nc3n(c2=O)CCCC(F)(F)CCn2cc(cn2)N4)c2cccc(C)c21. The summed E-state index contributed by atoms with van der Waals surface area (Å²) in [5, 5.41) is 7.80. The molecule has 0 unspecified atom stereocenters. The number of nitrogens with one attached hydrogen (secondary N) is 1. The van der Waals surface area contributed by atoms with Crippen LogP contribution in [0.4, 0.5) is 37.5 Å². The zero-order chi connectivity index (χ0) is 28.0. The quantitative estimate of drug-likeness (QED) is 0.369. The Morgan fingerprint density at radius 3 is 2.80 bits per heavy atom. The van der Waals surface area contributed by atoms with Crippen LogP contribution in [0.3, 0.4) is 0 Å². The van der Waals surface area contributed by atoms with Crippen LogP contribution < -0.4 is 20.7 Å². The van der Waals surface area contributed by atoms with Gasteiger partial charge in [-0.1, -0.05) is 18.7 Å². The van der Waals surface area contributed by atoms with Gasteiger partial charge in [0.1, 0.15) is 11.3 Å². The van der Waals surface area contributed by atoms with Gasteiger partial charge in [0.2, 0.25) is 11.9 Å². The van der Waals surface area contributed by atoms with Crippen molar-refractivity contribution in [1.82, 2.24) is 24.3 Å². The van der Waals surface area contributed by atoms with E-state index in [9.17, 15) is 18.4 Å². The number of pyridine rings is 1. The van der Waals surface area contributed by atoms with Gasteiger partial charge in [0, 0.05) is 56.8 Å². The Labute approximate surface area is 228 Å². The standard InChI is InChI=1S/C28H28F2N8O2/c1-3-23(39)37-13-12-36(21-7-4-6-18(2)24(21)37)22-14-19-15-31-27-33-20-16-32-35(17-20)11-9-28(29,30)8-5-10-38(26(22)40)25(19)34-27/h3-4,6-7,14-17H,1,5,8-13H2,2H3,(H,31,33,34). The molecule has 206 valence electrons. The van der Waals surface area contributed by atoms with Crippen molar-refractivity contribution in [3.63, 3.8) is 0 Å². The predicted octanol–water partition coefficient (Wildman–Crippen LogP) is 4.53. The number of benzene rings is 1. The Morgan fingerprint density at radius 1 is 1.12 bits per heavy atom. The van der Waals surface area contributed by atoms with E-state index >= 15 is 0 Å². The summed E-state index contributed by atoms with van der Waals surface area (Å²) in [4.78, 5) is 39.3. The highest BCUT2D eigenvalue weighted by molar-refractivity contribution is 6.05. The molecular formula is C28H28F2N8O2. The number of para-hydroxylation sites is 1. The van der Waals surface area contributed by atoms with Crippen LogP contribution in [0.5, 0.6) is 0 Å². The highest BCUT2D eigenvalue weighted by atomic mass is 19.3. The summed E-state index contributed by atoms with van der Waals surface area (Å²) >= 11 is 0. The van der Waals surface area contributed by atoms with Crippen LogP contribution in [-0.4, -0.2) is 49.2 Å². The Balaban J connectivity index is 1.49. The first-order chi connectivity index (χ1) is 19.2. The van der Waals surface area contributed by atoms with E-state index in [4.69, 9.17) is 0 Å². The van der Waals surface area contributed by atoms with Crippen molar-refractivity contribution in [3.8, 4) is 0 Å². The van der Waals surface area contributed by atoms with Crippen molar-refractivity contribution in [2.24, 2.45) is 0 Å². The Bertz CT molecular complexity index is 1700. The molecule has 10 nitrogen and oxygen atoms in total. The summed E-state index contributed by atoms with van der Waals surface area (Å²) < 4.78 is 32.4. The number of aromatic nitrogens is 5. The molecule has 0 saturated heterocycles. The molecule has 4 bridgehead atoms. The van der Waals surface area contributed by atoms with Crippen LogP contribution in [0.1, 0.15) is 24.8 Å². The van der Waals surface area contributed by atoms with E-state index in [2.05, 4.69) is 27.0 Å². The van der Waals surface area contributed by atoms with Crippen molar-refractivity contribution in [3.05, 3.63) is 71.4 Å². The largest absolute Gasteiger partial charge is 0.333 e. The highest BCUT2D eigenvalue weighted by Crippen LogP contribution is 2.39. The van der Waals surface area contributed by atoms with Gasteiger partial charge in [-0.05, 0) is 37.1 Å². The second-order valence-corrected chi connectivity index (χ2v) is 10.1. The minimum Gasteiger partial charge on any atom is -0.333 e. The van der Waals surface area contributed by atoms with Crippen molar-refractivity contribution in [2.45, 2.75) is 45.2 Å². The third kappa shape index (κ3) is 4.59. The molecular weight excluding hydrogens is 518 g/mol. The van der Waals surface area contributed by atoms with Crippen molar-refractivity contribution < 1.29 is 13.6 Å². The highest BCUT2D eigenvalue weighted by Gasteiger charge is 2.31. The predicted molar refractivity (Wildman–Crippen MR) is 149 cm³/mol. The molecule has 12 heteroatoms. The summed E-state index contributed by atoms with van der Waals surface area (Å²) in [5.74, 6) is -2.86. The molecule has 0 fully saturated rings. The molecule has 40 heavy (non-hydrogen) atoms. The average Bonchev–Trinajstić information content (AvgIpc) is 3.39. The van der Waals surface area contributed by atoms with Gasteiger partial charge in [0.15, 0.2) is 0 Å². The lowest BCUT2D eigenvalue weighted by Crippen LogP contribution is -2.44. The maximum atomic E-state index is 14.7. The molecule has 6 rings (SSSR count). The molecule has 5 heterocycles. The fourth-order valence-corrected chi connectivity index (χ4v) is 5.41. The maximum Gasteiger partial charge on any atom is 0.276 e. The normalized spacial score (nSPS) is 16.8. The Morgan fingerprint density at radius 2 is 1.98 bits per heavy atom. The molecule has 0 aliphatic carbocycles. The van der Waals surface area contributed by atoms with Gasteiger partial charge in [0.05, 0.1) is 23.3 Å². The molecule has 1 aromatic carbocycles. The second kappa shape index (κ2) is 9.85. The van der Waals surface area contributed by atoms with Gasteiger partial charge in [-0.2, -0.15) is 10.1 Å². The molecule has 0 saturated carbocycles. The number of anilines is 5. The molecule has 0 atom stereocenters. The first kappa shape index (κ1) is 25.7. The van der Waals surface area contributed by atoms with Crippen LogP contribution >= 0.6 is 0 Å². The summed E-state index contributed by atoms with van der Waals surface area (Å²) in [5.41, 5.74) is 3.21. The zero-order valence-electron chi connectivity index (χ0n) is 22.0. The first-order valence-corrected chi connectivity index (χ1v) is 13.1. The number of carbonyl (C=O) groups excluding carboxylic acids is 1. The van der Waals surface area contributed by atoms with E-state index in [0.29, 0.717) is 46.9 Å². The lowest BCUT2D eigenvalue weighted by atomic mass is 10.1. The lowest BCUT2D eigenvalue weighted by Gasteiger charge is -2.38. The number of aryl methyl sites for hydroxylation is 3. The zero-order valence-corrected chi connectivity index (χ0v) is 22.0. The number of nitrogens with zero attached hydrogens (tertiary/aromatic N) is 7. The molecule has 1 amide bonds. The first-order valence-electron chi connectivity index (χ1n) is 13.1. The van der Waals surface area contributed by atoms with Crippen LogP contribution in [0, 0.1) is 6.92 Å². The third-order valence-corrected chi connectivity index (χ3v) is 7.38. The molecule has 0 radical (unpaired) electrons. The van der Waals surface area contributed by atoms with E-state index in [1.165, 1.54) is 21.5 Å². The number of carbonyl (C=O) groups is 1. The summed E-state index contributed by atoms with van der Waals surface area (Å²) in [6.45, 7) is 6.37. The van der Waals surface area contributed by atoms with E-state index in [0.717, 1.165) is 5.56 Å². The van der Waals surface area contributed by atoms with E-state index in [1.807, 2.05) is 30.0 Å². The van der Waals surface area contributed by atoms with Crippen molar-refractivity contribution in [1.29, 1.82) is 0 Å². The topological polar surface area (TPSA) is 101 Å². The minimum absolute atomic E-state index is 0.0632. The van der Waals surface area contributed by atoms with Gasteiger partial charge >= 0.3 is 0 Å². The summed E-state index contributed by atoms with van der Waals surface area (Å²) in [7, 11) is 0. The van der Waals surface area contributed by atoms with Gasteiger partial charge in [-0.3, -0.25) is 18.8 Å². The number of rotatable bonds is 2. The second-order valence-electron chi connectivity index (χ2n) is 10.1. The van der Waals surface area contributed by atoms with Crippen molar-refractivity contribution >= 4 is 45.6 Å². The Hall–Kier alpha value is -4.61. The fraction of sp³-hybridized carbons (Fsp3) is 0.321. The molecule has 0 spiro atoms. The number of hydrogen-bond acceptors (Lipinski definition) is 7. The fourth-order valence-electron chi connectivity index (χ4n) is 5.41. The number of hydrogen-bond donors (Lipinski definition) is 1. The van der Waals surface area contributed by atoms with Crippen molar-refractivity contribution in [2.75, 3.05) is 28.2 Å². The molecule has 3 aromatic heterocycles. The van der Waals surface area contributed by atoms with Crippen LogP contribution in [-0.2, 0) is 17.9 Å². The minimum atomic E-state index is -2.91. The van der Waals surface area contributed by atoms with Gasteiger partial charge in [0.25, 0.3) is 11.5 Å². The third-order valence-electron chi connectivity index (χ3n) is 7.38. The Kier molecular flexibility index (Phi) is 6.32. The average molecular weight is 547 g/mol. The van der Waals surface area contributed by atoms with Crippen LogP contribution in [0.2, 0.25) is 0 Å².